The maximum atomic E-state index is 4.10. The molecule has 110 valence electrons. The molecule has 19 heavy (non-hydrogen) atoms. The molecule has 0 radical (unpaired) electrons. The Kier molecular flexibility index (Phi) is 7.19. The molecule has 0 bridgehead atoms. The summed E-state index contributed by atoms with van der Waals surface area (Å²) < 4.78 is 0. The van der Waals surface area contributed by atoms with Crippen LogP contribution in [-0.4, -0.2) is 23.1 Å². The van der Waals surface area contributed by atoms with Crippen LogP contribution >= 0.6 is 24.8 Å². The van der Waals surface area contributed by atoms with Gasteiger partial charge in [-0.2, -0.15) is 0 Å². The third-order valence-electron chi connectivity index (χ3n) is 4.41. The van der Waals surface area contributed by atoms with Crippen LogP contribution in [0.2, 0.25) is 0 Å². The van der Waals surface area contributed by atoms with Gasteiger partial charge < -0.3 is 10.3 Å². The van der Waals surface area contributed by atoms with Crippen LogP contribution in [0.4, 0.5) is 0 Å². The van der Waals surface area contributed by atoms with Crippen molar-refractivity contribution in [2.75, 3.05) is 13.1 Å². The summed E-state index contributed by atoms with van der Waals surface area (Å²) >= 11 is 0. The molecule has 2 atom stereocenters. The van der Waals surface area contributed by atoms with E-state index >= 15 is 0 Å². The van der Waals surface area contributed by atoms with E-state index in [4.69, 9.17) is 0 Å². The topological polar surface area (TPSA) is 40.7 Å². The van der Waals surface area contributed by atoms with Crippen LogP contribution in [0, 0.1) is 11.8 Å². The van der Waals surface area contributed by atoms with E-state index in [9.17, 15) is 0 Å². The van der Waals surface area contributed by atoms with E-state index in [-0.39, 0.29) is 24.8 Å². The number of H-pyrrole nitrogens is 1. The third-order valence-corrected chi connectivity index (χ3v) is 4.41. The highest BCUT2D eigenvalue weighted by atomic mass is 35.5. The minimum atomic E-state index is 0. The van der Waals surface area contributed by atoms with Crippen molar-refractivity contribution in [2.45, 2.75) is 44.4 Å². The van der Waals surface area contributed by atoms with Crippen molar-refractivity contribution in [1.82, 2.24) is 15.3 Å². The lowest BCUT2D eigenvalue weighted by atomic mass is 9.89. The third kappa shape index (κ3) is 4.66. The molecule has 1 heterocycles. The molecule has 2 aliphatic carbocycles. The predicted molar refractivity (Wildman–Crippen MR) is 83.4 cm³/mol. The second-order valence-electron chi connectivity index (χ2n) is 5.77. The summed E-state index contributed by atoms with van der Waals surface area (Å²) in [5.74, 6) is 2.54. The first kappa shape index (κ1) is 16.8. The molecule has 3 nitrogen and oxygen atoms in total. The summed E-state index contributed by atoms with van der Waals surface area (Å²) in [6.07, 6.45) is 12.4. The normalized spacial score (nSPS) is 26.3. The van der Waals surface area contributed by atoms with Gasteiger partial charge in [0.2, 0.25) is 0 Å². The van der Waals surface area contributed by atoms with Crippen LogP contribution in [0.25, 0.3) is 0 Å². The van der Waals surface area contributed by atoms with E-state index in [2.05, 4.69) is 15.3 Å². The Morgan fingerprint density at radius 1 is 1.16 bits per heavy atom. The lowest BCUT2D eigenvalue weighted by Crippen LogP contribution is -2.26. The smallest absolute Gasteiger partial charge is 0.0921 e. The predicted octanol–water partition coefficient (Wildman–Crippen LogP) is 3.53. The van der Waals surface area contributed by atoms with E-state index < -0.39 is 0 Å². The molecule has 2 fully saturated rings. The highest BCUT2D eigenvalue weighted by Crippen LogP contribution is 2.45. The lowest BCUT2D eigenvalue weighted by Gasteiger charge is -2.21. The van der Waals surface area contributed by atoms with Gasteiger partial charge in [-0.05, 0) is 44.2 Å². The first-order chi connectivity index (χ1) is 8.43. The van der Waals surface area contributed by atoms with Crippen LogP contribution in [-0.2, 0) is 0 Å². The number of nitrogens with one attached hydrogen (secondary N) is 2. The quantitative estimate of drug-likeness (QED) is 0.874. The zero-order chi connectivity index (χ0) is 11.5. The fourth-order valence-corrected chi connectivity index (χ4v) is 3.19. The Morgan fingerprint density at radius 3 is 2.63 bits per heavy atom. The molecule has 3 rings (SSSR count). The van der Waals surface area contributed by atoms with Gasteiger partial charge in [-0.1, -0.05) is 19.3 Å². The standard InChI is InChI=1S/C14H23N3.2ClH/c1-2-4-11(5-3-1)7-15-8-12-6-13(12)14-9-16-10-17-14;;/h9-13,15H,1-8H2,(H,16,17);2*1H/t12-,13-;;/m1../s1. The summed E-state index contributed by atoms with van der Waals surface area (Å²) in [6.45, 7) is 2.44. The maximum Gasteiger partial charge on any atom is 0.0921 e. The van der Waals surface area contributed by atoms with Crippen molar-refractivity contribution in [3.8, 4) is 0 Å². The molecule has 0 amide bonds. The molecule has 1 aromatic heterocycles. The number of nitrogens with zero attached hydrogens (tertiary/aromatic N) is 1. The number of halogens is 2. The van der Waals surface area contributed by atoms with Crippen LogP contribution in [0.5, 0.6) is 0 Å². The molecule has 2 aliphatic rings. The average Bonchev–Trinajstić information content (AvgIpc) is 2.93. The highest BCUT2D eigenvalue weighted by molar-refractivity contribution is 5.85. The molecule has 2 saturated carbocycles. The molecule has 0 saturated heterocycles. The van der Waals surface area contributed by atoms with Gasteiger partial charge in [-0.15, -0.1) is 24.8 Å². The Bertz CT molecular complexity index is 336. The van der Waals surface area contributed by atoms with E-state index in [0.29, 0.717) is 0 Å². The van der Waals surface area contributed by atoms with Crippen LogP contribution < -0.4 is 5.32 Å². The van der Waals surface area contributed by atoms with Crippen molar-refractivity contribution in [3.63, 3.8) is 0 Å². The molecule has 5 heteroatoms. The first-order valence-electron chi connectivity index (χ1n) is 7.12. The Labute approximate surface area is 128 Å². The largest absolute Gasteiger partial charge is 0.348 e. The maximum absolute atomic E-state index is 4.10. The van der Waals surface area contributed by atoms with Crippen molar-refractivity contribution in [3.05, 3.63) is 18.2 Å². The summed E-state index contributed by atoms with van der Waals surface area (Å²) in [5, 5.41) is 3.67. The van der Waals surface area contributed by atoms with E-state index in [1.54, 1.807) is 6.33 Å². The Hall–Kier alpha value is -0.250. The van der Waals surface area contributed by atoms with Crippen molar-refractivity contribution in [1.29, 1.82) is 0 Å². The number of hydrogen-bond donors (Lipinski definition) is 2. The fourth-order valence-electron chi connectivity index (χ4n) is 3.19. The van der Waals surface area contributed by atoms with Gasteiger partial charge in [0.15, 0.2) is 0 Å². The van der Waals surface area contributed by atoms with Gasteiger partial charge in [0.05, 0.1) is 6.33 Å². The monoisotopic (exact) mass is 305 g/mol. The lowest BCUT2D eigenvalue weighted by molar-refractivity contribution is 0.340. The van der Waals surface area contributed by atoms with Crippen molar-refractivity contribution < 1.29 is 0 Å². The zero-order valence-corrected chi connectivity index (χ0v) is 12.9. The fraction of sp³-hybridized carbons (Fsp3) is 0.786. The van der Waals surface area contributed by atoms with Crippen LogP contribution in [0.3, 0.4) is 0 Å². The van der Waals surface area contributed by atoms with Gasteiger partial charge in [-0.25, -0.2) is 4.98 Å². The number of aromatic nitrogens is 2. The minimum absolute atomic E-state index is 0. The van der Waals surface area contributed by atoms with Gasteiger partial charge in [-0.3, -0.25) is 0 Å². The molecule has 0 aliphatic heterocycles. The number of rotatable bonds is 5. The Morgan fingerprint density at radius 2 is 1.95 bits per heavy atom. The molecule has 1 aromatic rings. The van der Waals surface area contributed by atoms with Crippen LogP contribution in [0.1, 0.15) is 50.1 Å². The number of hydrogen-bond acceptors (Lipinski definition) is 2. The van der Waals surface area contributed by atoms with Gasteiger partial charge in [0.1, 0.15) is 0 Å². The van der Waals surface area contributed by atoms with Crippen molar-refractivity contribution >= 4 is 24.8 Å². The molecular weight excluding hydrogens is 281 g/mol. The number of imidazole rings is 1. The second kappa shape index (κ2) is 8.13. The minimum Gasteiger partial charge on any atom is -0.348 e. The SMILES string of the molecule is Cl.Cl.c1ncc([C@@H]2C[C@@H]2CNCC2CCCCC2)[nH]1. The summed E-state index contributed by atoms with van der Waals surface area (Å²) in [6, 6.07) is 0. The van der Waals surface area contributed by atoms with Crippen molar-refractivity contribution in [2.24, 2.45) is 11.8 Å². The van der Waals surface area contributed by atoms with Gasteiger partial charge >= 0.3 is 0 Å². The second-order valence-corrected chi connectivity index (χ2v) is 5.77. The molecule has 0 spiro atoms. The first-order valence-corrected chi connectivity index (χ1v) is 7.12. The summed E-state index contributed by atoms with van der Waals surface area (Å²) in [5.41, 5.74) is 1.33. The molecule has 0 unspecified atom stereocenters. The van der Waals surface area contributed by atoms with Gasteiger partial charge in [0, 0.05) is 17.8 Å². The van der Waals surface area contributed by atoms with E-state index in [1.807, 2.05) is 6.20 Å². The molecular formula is C14H25Cl2N3. The summed E-state index contributed by atoms with van der Waals surface area (Å²) in [7, 11) is 0. The highest BCUT2D eigenvalue weighted by Gasteiger charge is 2.38. The average molecular weight is 306 g/mol. The molecule has 2 N–H and O–H groups in total. The van der Waals surface area contributed by atoms with Crippen LogP contribution in [0.15, 0.2) is 12.5 Å². The van der Waals surface area contributed by atoms with E-state index in [1.165, 1.54) is 57.3 Å². The van der Waals surface area contributed by atoms with E-state index in [0.717, 1.165) is 17.8 Å². The van der Waals surface area contributed by atoms with Gasteiger partial charge in [0.25, 0.3) is 0 Å². The Balaban J connectivity index is 0.000000902. The molecule has 0 aromatic carbocycles. The number of aromatic amines is 1. The summed E-state index contributed by atoms with van der Waals surface area (Å²) in [4.78, 5) is 7.33. The zero-order valence-electron chi connectivity index (χ0n) is 11.3.